The Labute approximate surface area is 139 Å². The third-order valence-corrected chi connectivity index (χ3v) is 4.29. The average molecular weight is 321 g/mol. The lowest BCUT2D eigenvalue weighted by Crippen LogP contribution is -2.46. The highest BCUT2D eigenvalue weighted by Crippen LogP contribution is 2.25. The number of nitrogens with one attached hydrogen (secondary N) is 2. The van der Waals surface area contributed by atoms with Crippen LogP contribution in [-0.2, 0) is 0 Å². The van der Waals surface area contributed by atoms with E-state index < -0.39 is 0 Å². The zero-order valence-corrected chi connectivity index (χ0v) is 14.6. The molecule has 0 spiro atoms. The molecule has 1 aromatic rings. The van der Waals surface area contributed by atoms with Gasteiger partial charge in [0.2, 0.25) is 0 Å². The Hall–Kier alpha value is -1.33. The predicted molar refractivity (Wildman–Crippen MR) is 96.8 cm³/mol. The van der Waals surface area contributed by atoms with Gasteiger partial charge in [-0.3, -0.25) is 0 Å². The second kappa shape index (κ2) is 8.34. The Morgan fingerprint density at radius 3 is 2.73 bits per heavy atom. The Balaban J connectivity index is 1.85. The molecule has 0 atom stereocenters. The molecule has 1 heterocycles. The number of rotatable bonds is 5. The lowest BCUT2D eigenvalue weighted by Gasteiger charge is -2.32. The zero-order chi connectivity index (χ0) is 15.9. The van der Waals surface area contributed by atoms with Crippen LogP contribution < -0.4 is 15.4 Å². The molecule has 2 rings (SSSR count). The number of aryl methyl sites for hydroxylation is 1. The first-order valence-electron chi connectivity index (χ1n) is 8.07. The highest BCUT2D eigenvalue weighted by Gasteiger charge is 2.19. The van der Waals surface area contributed by atoms with E-state index in [0.717, 1.165) is 37.4 Å². The van der Waals surface area contributed by atoms with Gasteiger partial charge in [0.1, 0.15) is 5.75 Å². The van der Waals surface area contributed by atoms with Crippen LogP contribution in [0.3, 0.4) is 0 Å². The number of ether oxygens (including phenoxy) is 1. The van der Waals surface area contributed by atoms with Gasteiger partial charge in [-0.2, -0.15) is 0 Å². The Bertz CT molecular complexity index is 499. The first-order valence-corrected chi connectivity index (χ1v) is 8.47. The number of thiocarbonyl (C=S) groups is 1. The highest BCUT2D eigenvalue weighted by atomic mass is 32.1. The van der Waals surface area contributed by atoms with Crippen molar-refractivity contribution in [2.45, 2.75) is 39.2 Å². The minimum atomic E-state index is 0.462. The molecule has 2 N–H and O–H groups in total. The van der Waals surface area contributed by atoms with Crippen LogP contribution in [0.25, 0.3) is 0 Å². The highest BCUT2D eigenvalue weighted by molar-refractivity contribution is 7.80. The number of piperidine rings is 1. The maximum absolute atomic E-state index is 5.46. The van der Waals surface area contributed by atoms with Crippen molar-refractivity contribution in [1.29, 1.82) is 0 Å². The number of hydrogen-bond acceptors (Lipinski definition) is 3. The minimum absolute atomic E-state index is 0.462. The number of anilines is 1. The largest absolute Gasteiger partial charge is 0.495 e. The molecule has 1 fully saturated rings. The van der Waals surface area contributed by atoms with Gasteiger partial charge in [-0.15, -0.1) is 0 Å². The van der Waals surface area contributed by atoms with Crippen molar-refractivity contribution >= 4 is 23.0 Å². The van der Waals surface area contributed by atoms with Crippen LogP contribution in [0.5, 0.6) is 5.75 Å². The van der Waals surface area contributed by atoms with Gasteiger partial charge >= 0.3 is 0 Å². The van der Waals surface area contributed by atoms with Crippen LogP contribution in [-0.4, -0.2) is 42.8 Å². The van der Waals surface area contributed by atoms with Gasteiger partial charge in [0.05, 0.1) is 12.8 Å². The molecule has 122 valence electrons. The average Bonchev–Trinajstić information content (AvgIpc) is 2.50. The van der Waals surface area contributed by atoms with Crippen molar-refractivity contribution < 1.29 is 4.74 Å². The van der Waals surface area contributed by atoms with Crippen LogP contribution in [0, 0.1) is 6.92 Å². The molecule has 5 heteroatoms. The molecular weight excluding hydrogens is 294 g/mol. The Morgan fingerprint density at radius 2 is 2.09 bits per heavy atom. The van der Waals surface area contributed by atoms with Gasteiger partial charge < -0.3 is 20.3 Å². The first kappa shape index (κ1) is 17.0. The van der Waals surface area contributed by atoms with Crippen LogP contribution in [0.2, 0.25) is 0 Å². The molecule has 1 aromatic carbocycles. The minimum Gasteiger partial charge on any atom is -0.495 e. The third-order valence-electron chi connectivity index (χ3n) is 4.07. The fraction of sp³-hybridized carbons (Fsp3) is 0.588. The van der Waals surface area contributed by atoms with E-state index in [0.29, 0.717) is 11.2 Å². The molecular formula is C17H27N3OS. The van der Waals surface area contributed by atoms with Gasteiger partial charge in [-0.05, 0) is 62.6 Å². The van der Waals surface area contributed by atoms with Crippen molar-refractivity contribution in [2.24, 2.45) is 0 Å². The predicted octanol–water partition coefficient (Wildman–Crippen LogP) is 3.16. The van der Waals surface area contributed by atoms with Crippen LogP contribution in [0.15, 0.2) is 18.2 Å². The topological polar surface area (TPSA) is 36.5 Å². The van der Waals surface area contributed by atoms with Gasteiger partial charge in [0.15, 0.2) is 5.11 Å². The third kappa shape index (κ3) is 4.85. The van der Waals surface area contributed by atoms with Gasteiger partial charge in [-0.25, -0.2) is 0 Å². The molecule has 0 radical (unpaired) electrons. The van der Waals surface area contributed by atoms with Crippen LogP contribution in [0.4, 0.5) is 5.69 Å². The molecule has 0 aromatic heterocycles. The Kier molecular flexibility index (Phi) is 6.46. The summed E-state index contributed by atoms with van der Waals surface area (Å²) in [6, 6.07) is 6.51. The molecule has 4 nitrogen and oxygen atoms in total. The van der Waals surface area contributed by atoms with Crippen LogP contribution in [0.1, 0.15) is 31.7 Å². The lowest BCUT2D eigenvalue weighted by molar-refractivity contribution is 0.207. The maximum atomic E-state index is 5.46. The van der Waals surface area contributed by atoms with Crippen molar-refractivity contribution in [3.05, 3.63) is 23.8 Å². The summed E-state index contributed by atoms with van der Waals surface area (Å²) < 4.78 is 5.38. The second-order valence-electron chi connectivity index (χ2n) is 5.92. The molecule has 0 unspecified atom stereocenters. The molecule has 0 saturated carbocycles. The molecule has 1 saturated heterocycles. The van der Waals surface area contributed by atoms with E-state index in [-0.39, 0.29) is 0 Å². The van der Waals surface area contributed by atoms with Crippen molar-refractivity contribution in [3.63, 3.8) is 0 Å². The number of likely N-dealkylation sites (tertiary alicyclic amines) is 1. The van der Waals surface area contributed by atoms with E-state index in [4.69, 9.17) is 17.0 Å². The van der Waals surface area contributed by atoms with E-state index in [9.17, 15) is 0 Å². The number of methoxy groups -OCH3 is 1. The lowest BCUT2D eigenvalue weighted by atomic mass is 10.1. The van der Waals surface area contributed by atoms with Crippen LogP contribution >= 0.6 is 12.2 Å². The summed E-state index contributed by atoms with van der Waals surface area (Å²) >= 11 is 5.46. The molecule has 0 amide bonds. The number of benzene rings is 1. The molecule has 22 heavy (non-hydrogen) atoms. The monoisotopic (exact) mass is 321 g/mol. The summed E-state index contributed by atoms with van der Waals surface area (Å²) in [6.07, 6.45) is 3.52. The van der Waals surface area contributed by atoms with E-state index >= 15 is 0 Å². The maximum Gasteiger partial charge on any atom is 0.171 e. The molecule has 1 aliphatic heterocycles. The fourth-order valence-electron chi connectivity index (χ4n) is 2.88. The zero-order valence-electron chi connectivity index (χ0n) is 13.8. The van der Waals surface area contributed by atoms with Gasteiger partial charge in [0, 0.05) is 19.1 Å². The van der Waals surface area contributed by atoms with Crippen molar-refractivity contribution in [3.8, 4) is 5.75 Å². The summed E-state index contributed by atoms with van der Waals surface area (Å²) in [5.41, 5.74) is 2.10. The summed E-state index contributed by atoms with van der Waals surface area (Å²) in [6.45, 7) is 7.81. The SMILES string of the molecule is CCCN1CCC(NC(=S)Nc2cc(C)ccc2OC)CC1. The molecule has 0 bridgehead atoms. The van der Waals surface area contributed by atoms with E-state index in [1.165, 1.54) is 18.5 Å². The Morgan fingerprint density at radius 1 is 1.36 bits per heavy atom. The van der Waals surface area contributed by atoms with Gasteiger partial charge in [0.25, 0.3) is 0 Å². The fourth-order valence-corrected chi connectivity index (χ4v) is 3.16. The van der Waals surface area contributed by atoms with E-state index in [2.05, 4.69) is 35.4 Å². The van der Waals surface area contributed by atoms with E-state index in [1.54, 1.807) is 7.11 Å². The summed E-state index contributed by atoms with van der Waals surface area (Å²) in [5.74, 6) is 0.813. The molecule has 0 aliphatic carbocycles. The molecule has 1 aliphatic rings. The summed E-state index contributed by atoms with van der Waals surface area (Å²) in [5, 5.41) is 7.39. The van der Waals surface area contributed by atoms with E-state index in [1.807, 2.05) is 12.1 Å². The van der Waals surface area contributed by atoms with Gasteiger partial charge in [-0.1, -0.05) is 13.0 Å². The summed E-state index contributed by atoms with van der Waals surface area (Å²) in [7, 11) is 1.68. The van der Waals surface area contributed by atoms with Crippen molar-refractivity contribution in [1.82, 2.24) is 10.2 Å². The first-order chi connectivity index (χ1) is 10.6. The quantitative estimate of drug-likeness (QED) is 0.815. The number of hydrogen-bond donors (Lipinski definition) is 2. The normalized spacial score (nSPS) is 16.3. The summed E-state index contributed by atoms with van der Waals surface area (Å²) in [4.78, 5) is 2.53. The second-order valence-corrected chi connectivity index (χ2v) is 6.33. The standard InChI is InChI=1S/C17H27N3OS/c1-4-9-20-10-7-14(8-11-20)18-17(22)19-15-12-13(2)5-6-16(15)21-3/h5-6,12,14H,4,7-11H2,1-3H3,(H2,18,19,22). The number of nitrogens with zero attached hydrogens (tertiary/aromatic N) is 1. The van der Waals surface area contributed by atoms with Crippen molar-refractivity contribution in [2.75, 3.05) is 32.1 Å². The smallest absolute Gasteiger partial charge is 0.171 e.